The Morgan fingerprint density at radius 2 is 2.47 bits per heavy atom. The van der Waals surface area contributed by atoms with Crippen molar-refractivity contribution >= 4 is 5.97 Å². The fraction of sp³-hybridized carbons (Fsp3) is 0.308. The summed E-state index contributed by atoms with van der Waals surface area (Å²) >= 11 is 0. The molecule has 0 aliphatic heterocycles. The van der Waals surface area contributed by atoms with Crippen molar-refractivity contribution in [2.75, 3.05) is 13.2 Å². The number of esters is 1. The van der Waals surface area contributed by atoms with Crippen LogP contribution in [0.15, 0.2) is 31.0 Å². The molecule has 0 radical (unpaired) electrons. The van der Waals surface area contributed by atoms with Crippen molar-refractivity contribution in [2.45, 2.75) is 12.6 Å². The molecule has 0 unspecified atom stereocenters. The van der Waals surface area contributed by atoms with E-state index in [1.54, 1.807) is 12.1 Å². The van der Waals surface area contributed by atoms with E-state index in [-0.39, 0.29) is 25.5 Å². The summed E-state index contributed by atoms with van der Waals surface area (Å²) in [7, 11) is 0. The zero-order chi connectivity index (χ0) is 14.1. The van der Waals surface area contributed by atoms with Crippen LogP contribution in [-0.2, 0) is 16.1 Å². The Bertz CT molecular complexity index is 482. The Morgan fingerprint density at radius 3 is 3.16 bits per heavy atom. The van der Waals surface area contributed by atoms with E-state index in [2.05, 4.69) is 11.6 Å². The Labute approximate surface area is 111 Å². The van der Waals surface area contributed by atoms with Crippen molar-refractivity contribution in [3.05, 3.63) is 42.2 Å². The lowest BCUT2D eigenvalue weighted by atomic mass is 10.2. The highest BCUT2D eigenvalue weighted by Crippen LogP contribution is 2.05. The fourth-order valence-corrected chi connectivity index (χ4v) is 1.23. The molecule has 0 fully saturated rings. The molecule has 0 amide bonds. The highest BCUT2D eigenvalue weighted by Gasteiger charge is 2.09. The molecule has 1 aromatic rings. The summed E-state index contributed by atoms with van der Waals surface area (Å²) in [4.78, 5) is 15.5. The summed E-state index contributed by atoms with van der Waals surface area (Å²) in [6.07, 6.45) is 2.97. The van der Waals surface area contributed by atoms with Gasteiger partial charge in [0.15, 0.2) is 0 Å². The largest absolute Gasteiger partial charge is 0.457 e. The third kappa shape index (κ3) is 5.29. The molecular weight excluding hydrogens is 246 g/mol. The average molecular weight is 261 g/mol. The van der Waals surface area contributed by atoms with E-state index in [9.17, 15) is 4.79 Å². The average Bonchev–Trinajstić information content (AvgIpc) is 2.44. The van der Waals surface area contributed by atoms with Crippen molar-refractivity contribution in [3.8, 4) is 6.07 Å². The third-order valence-electron chi connectivity index (χ3n) is 2.10. The van der Waals surface area contributed by atoms with Crippen LogP contribution in [0.1, 0.15) is 16.1 Å². The second-order valence-corrected chi connectivity index (χ2v) is 3.69. The Morgan fingerprint density at radius 1 is 1.68 bits per heavy atom. The van der Waals surface area contributed by atoms with E-state index in [1.165, 1.54) is 12.3 Å². The molecule has 19 heavy (non-hydrogen) atoms. The van der Waals surface area contributed by atoms with Gasteiger partial charge < -0.3 is 15.2 Å². The fourth-order valence-electron chi connectivity index (χ4n) is 1.23. The van der Waals surface area contributed by atoms with Crippen LogP contribution in [0.3, 0.4) is 0 Å². The van der Waals surface area contributed by atoms with Gasteiger partial charge in [-0.25, -0.2) is 9.78 Å². The van der Waals surface area contributed by atoms with Crippen LogP contribution in [0.25, 0.3) is 0 Å². The van der Waals surface area contributed by atoms with E-state index in [0.29, 0.717) is 0 Å². The van der Waals surface area contributed by atoms with Gasteiger partial charge in [-0.3, -0.25) is 0 Å². The number of aromatic nitrogens is 1. The molecule has 6 nitrogen and oxygen atoms in total. The van der Waals surface area contributed by atoms with Gasteiger partial charge in [0, 0.05) is 6.20 Å². The van der Waals surface area contributed by atoms with Gasteiger partial charge in [-0.2, -0.15) is 5.26 Å². The third-order valence-corrected chi connectivity index (χ3v) is 2.10. The normalized spacial score (nSPS) is 11.4. The minimum atomic E-state index is -0.654. The number of nitrogens with two attached hydrogens (primary N) is 1. The number of carbonyl (C=O) groups is 1. The molecule has 0 bridgehead atoms. The number of ether oxygens (including phenoxy) is 2. The molecule has 6 heteroatoms. The summed E-state index contributed by atoms with van der Waals surface area (Å²) in [6, 6.07) is 4.49. The van der Waals surface area contributed by atoms with Gasteiger partial charge in [-0.05, 0) is 17.7 Å². The van der Waals surface area contributed by atoms with Crippen LogP contribution in [0.4, 0.5) is 0 Å². The van der Waals surface area contributed by atoms with Crippen molar-refractivity contribution in [2.24, 2.45) is 5.73 Å². The van der Waals surface area contributed by atoms with Gasteiger partial charge in [0.1, 0.15) is 18.3 Å². The molecule has 0 aliphatic rings. The second-order valence-electron chi connectivity index (χ2n) is 3.69. The first kappa shape index (κ1) is 14.8. The molecule has 0 saturated carbocycles. The summed E-state index contributed by atoms with van der Waals surface area (Å²) < 4.78 is 10.1. The van der Waals surface area contributed by atoms with Gasteiger partial charge in [-0.1, -0.05) is 12.7 Å². The second kappa shape index (κ2) is 7.97. The molecule has 0 spiro atoms. The number of nitriles is 1. The SMILES string of the molecule is C=CCOC(=O)c1cc(COC[C@H](N)C#N)ccn1. The van der Waals surface area contributed by atoms with Gasteiger partial charge in [0.2, 0.25) is 0 Å². The van der Waals surface area contributed by atoms with Crippen molar-refractivity contribution in [3.63, 3.8) is 0 Å². The quantitative estimate of drug-likeness (QED) is 0.575. The van der Waals surface area contributed by atoms with Crippen LogP contribution >= 0.6 is 0 Å². The number of hydrogen-bond acceptors (Lipinski definition) is 6. The lowest BCUT2D eigenvalue weighted by Crippen LogP contribution is -2.23. The lowest BCUT2D eigenvalue weighted by Gasteiger charge is -2.06. The molecule has 1 atom stereocenters. The lowest BCUT2D eigenvalue weighted by molar-refractivity contribution is 0.0542. The first-order chi connectivity index (χ1) is 9.17. The van der Waals surface area contributed by atoms with E-state index in [4.69, 9.17) is 20.5 Å². The molecule has 1 rings (SSSR count). The Hall–Kier alpha value is -2.23. The number of rotatable bonds is 7. The van der Waals surface area contributed by atoms with Crippen LogP contribution in [0.2, 0.25) is 0 Å². The number of pyridine rings is 1. The monoisotopic (exact) mass is 261 g/mol. The van der Waals surface area contributed by atoms with Gasteiger partial charge in [0.25, 0.3) is 0 Å². The Balaban J connectivity index is 2.54. The van der Waals surface area contributed by atoms with Gasteiger partial charge in [0.05, 0.1) is 19.3 Å². The highest BCUT2D eigenvalue weighted by molar-refractivity contribution is 5.87. The minimum Gasteiger partial charge on any atom is -0.457 e. The van der Waals surface area contributed by atoms with Crippen molar-refractivity contribution in [1.82, 2.24) is 4.98 Å². The number of carbonyl (C=O) groups excluding carboxylic acids is 1. The van der Waals surface area contributed by atoms with E-state index in [1.807, 2.05) is 6.07 Å². The summed E-state index contributed by atoms with van der Waals surface area (Å²) in [5, 5.41) is 8.50. The standard InChI is InChI=1S/C13H15N3O3/c1-2-5-19-13(17)12-6-10(3-4-16-12)8-18-9-11(15)7-14/h2-4,6,11H,1,5,8-9,15H2/t11-/m1/s1. The predicted molar refractivity (Wildman–Crippen MR) is 68.0 cm³/mol. The maximum atomic E-state index is 11.5. The maximum Gasteiger partial charge on any atom is 0.357 e. The molecule has 0 aliphatic carbocycles. The molecule has 2 N–H and O–H groups in total. The molecule has 1 heterocycles. The predicted octanol–water partition coefficient (Wildman–Crippen LogP) is 0.792. The van der Waals surface area contributed by atoms with Gasteiger partial charge >= 0.3 is 5.97 Å². The van der Waals surface area contributed by atoms with E-state index >= 15 is 0 Å². The first-order valence-corrected chi connectivity index (χ1v) is 5.63. The topological polar surface area (TPSA) is 98.2 Å². The summed E-state index contributed by atoms with van der Waals surface area (Å²) in [6.45, 7) is 3.97. The smallest absolute Gasteiger partial charge is 0.357 e. The van der Waals surface area contributed by atoms with Crippen LogP contribution in [0.5, 0.6) is 0 Å². The summed E-state index contributed by atoms with van der Waals surface area (Å²) in [5.41, 5.74) is 6.34. The molecule has 100 valence electrons. The first-order valence-electron chi connectivity index (χ1n) is 5.63. The number of hydrogen-bond donors (Lipinski definition) is 1. The molecule has 1 aromatic heterocycles. The Kier molecular flexibility index (Phi) is 6.22. The molecular formula is C13H15N3O3. The summed E-state index contributed by atoms with van der Waals surface area (Å²) in [5.74, 6) is -0.518. The minimum absolute atomic E-state index is 0.134. The van der Waals surface area contributed by atoms with Crippen LogP contribution < -0.4 is 5.73 Å². The number of nitrogens with zero attached hydrogens (tertiary/aromatic N) is 2. The molecule has 0 saturated heterocycles. The van der Waals surface area contributed by atoms with Crippen molar-refractivity contribution in [1.29, 1.82) is 5.26 Å². The zero-order valence-corrected chi connectivity index (χ0v) is 10.4. The van der Waals surface area contributed by atoms with E-state index in [0.717, 1.165) is 5.56 Å². The van der Waals surface area contributed by atoms with Crippen LogP contribution in [0, 0.1) is 11.3 Å². The highest BCUT2D eigenvalue weighted by atomic mass is 16.5. The van der Waals surface area contributed by atoms with E-state index < -0.39 is 12.0 Å². The molecule has 0 aromatic carbocycles. The van der Waals surface area contributed by atoms with Crippen molar-refractivity contribution < 1.29 is 14.3 Å². The van der Waals surface area contributed by atoms with Crippen LogP contribution in [-0.4, -0.2) is 30.2 Å². The zero-order valence-electron chi connectivity index (χ0n) is 10.4. The van der Waals surface area contributed by atoms with Gasteiger partial charge in [-0.15, -0.1) is 0 Å². The maximum absolute atomic E-state index is 11.5.